The average Bonchev–Trinajstić information content (AvgIpc) is 2.99. The van der Waals surface area contributed by atoms with Gasteiger partial charge in [-0.05, 0) is 0 Å². The van der Waals surface area contributed by atoms with Gasteiger partial charge in [-0.2, -0.15) is 11.8 Å². The SMILES string of the molecule is Nc1nc2sccn2c1S(=O)(=O)NCCN1CCSCC1. The van der Waals surface area contributed by atoms with Crippen molar-refractivity contribution in [1.82, 2.24) is 19.0 Å². The Morgan fingerprint density at radius 1 is 1.38 bits per heavy atom. The summed E-state index contributed by atoms with van der Waals surface area (Å²) in [5, 5.41) is 1.82. The molecule has 0 bridgehead atoms. The van der Waals surface area contributed by atoms with Crippen molar-refractivity contribution in [3.05, 3.63) is 11.6 Å². The number of thioether (sulfide) groups is 1. The van der Waals surface area contributed by atoms with Gasteiger partial charge in [-0.3, -0.25) is 4.40 Å². The third-order valence-electron chi connectivity index (χ3n) is 3.32. The summed E-state index contributed by atoms with van der Waals surface area (Å²) in [5.41, 5.74) is 5.74. The van der Waals surface area contributed by atoms with Gasteiger partial charge in [0.15, 0.2) is 15.8 Å². The van der Waals surface area contributed by atoms with Crippen LogP contribution < -0.4 is 10.5 Å². The lowest BCUT2D eigenvalue weighted by molar-refractivity contribution is 0.307. The van der Waals surface area contributed by atoms with E-state index in [0.29, 0.717) is 18.1 Å². The van der Waals surface area contributed by atoms with Crippen LogP contribution in [0.15, 0.2) is 16.6 Å². The molecule has 0 aromatic carbocycles. The Kier molecular flexibility index (Phi) is 4.41. The molecule has 0 saturated carbocycles. The molecule has 21 heavy (non-hydrogen) atoms. The fourth-order valence-corrected chi connectivity index (χ4v) is 5.26. The molecular formula is C11H17N5O2S3. The Hall–Kier alpha value is -0.810. The topological polar surface area (TPSA) is 92.7 Å². The average molecular weight is 347 g/mol. The van der Waals surface area contributed by atoms with Gasteiger partial charge < -0.3 is 10.6 Å². The highest BCUT2D eigenvalue weighted by Gasteiger charge is 2.24. The zero-order chi connectivity index (χ0) is 14.9. The van der Waals surface area contributed by atoms with E-state index in [9.17, 15) is 8.42 Å². The number of anilines is 1. The van der Waals surface area contributed by atoms with E-state index < -0.39 is 10.0 Å². The third-order valence-corrected chi connectivity index (χ3v) is 6.52. The lowest BCUT2D eigenvalue weighted by Crippen LogP contribution is -2.39. The summed E-state index contributed by atoms with van der Waals surface area (Å²) in [6, 6.07) is 0. The van der Waals surface area contributed by atoms with Crippen LogP contribution in [0.5, 0.6) is 0 Å². The van der Waals surface area contributed by atoms with Gasteiger partial charge in [0.05, 0.1) is 0 Å². The van der Waals surface area contributed by atoms with Crippen molar-refractivity contribution >= 4 is 43.9 Å². The van der Waals surface area contributed by atoms with Crippen LogP contribution >= 0.6 is 23.1 Å². The lowest BCUT2D eigenvalue weighted by atomic mass is 10.5. The summed E-state index contributed by atoms with van der Waals surface area (Å²) in [5.74, 6) is 2.26. The van der Waals surface area contributed by atoms with Crippen LogP contribution in [-0.4, -0.2) is 60.4 Å². The molecule has 0 atom stereocenters. The summed E-state index contributed by atoms with van der Waals surface area (Å²) in [4.78, 5) is 6.91. The minimum Gasteiger partial charge on any atom is -0.381 e. The van der Waals surface area contributed by atoms with Crippen LogP contribution in [0.2, 0.25) is 0 Å². The van der Waals surface area contributed by atoms with E-state index >= 15 is 0 Å². The largest absolute Gasteiger partial charge is 0.381 e. The van der Waals surface area contributed by atoms with Gasteiger partial charge >= 0.3 is 0 Å². The maximum Gasteiger partial charge on any atom is 0.260 e. The van der Waals surface area contributed by atoms with Crippen molar-refractivity contribution < 1.29 is 8.42 Å². The Morgan fingerprint density at radius 3 is 2.90 bits per heavy atom. The van der Waals surface area contributed by atoms with Gasteiger partial charge in [-0.15, -0.1) is 11.3 Å². The minimum atomic E-state index is -3.64. The number of nitrogens with zero attached hydrogens (tertiary/aromatic N) is 3. The van der Waals surface area contributed by atoms with Gasteiger partial charge in [0.25, 0.3) is 10.0 Å². The second-order valence-electron chi connectivity index (χ2n) is 4.71. The molecule has 1 saturated heterocycles. The van der Waals surface area contributed by atoms with Crippen LogP contribution in [0.25, 0.3) is 4.96 Å². The zero-order valence-electron chi connectivity index (χ0n) is 11.4. The molecule has 1 aliphatic rings. The summed E-state index contributed by atoms with van der Waals surface area (Å²) in [6.07, 6.45) is 1.67. The van der Waals surface area contributed by atoms with Crippen LogP contribution in [0.4, 0.5) is 5.82 Å². The van der Waals surface area contributed by atoms with Gasteiger partial charge in [-0.1, -0.05) is 0 Å². The molecule has 3 N–H and O–H groups in total. The minimum absolute atomic E-state index is 0.0351. The number of nitrogens with one attached hydrogen (secondary N) is 1. The highest BCUT2D eigenvalue weighted by atomic mass is 32.2. The number of thiazole rings is 1. The smallest absolute Gasteiger partial charge is 0.260 e. The summed E-state index contributed by atoms with van der Waals surface area (Å²) in [7, 11) is -3.64. The van der Waals surface area contributed by atoms with Gasteiger partial charge in [-0.25, -0.2) is 18.1 Å². The monoisotopic (exact) mass is 347 g/mol. The number of aromatic nitrogens is 2. The Balaban J connectivity index is 1.68. The summed E-state index contributed by atoms with van der Waals surface area (Å²) in [6.45, 7) is 3.11. The molecule has 7 nitrogen and oxygen atoms in total. The van der Waals surface area contributed by atoms with Crippen LogP contribution in [0, 0.1) is 0 Å². The number of imidazole rings is 1. The molecule has 2 aromatic rings. The second-order valence-corrected chi connectivity index (χ2v) is 8.49. The van der Waals surface area contributed by atoms with E-state index in [4.69, 9.17) is 5.73 Å². The lowest BCUT2D eigenvalue weighted by Gasteiger charge is -2.25. The van der Waals surface area contributed by atoms with E-state index in [1.807, 2.05) is 11.8 Å². The number of rotatable bonds is 5. The Bertz CT molecular complexity index is 717. The number of hydrogen-bond acceptors (Lipinski definition) is 7. The second kappa shape index (κ2) is 6.13. The predicted octanol–water partition coefficient (Wildman–Crippen LogP) is 0.305. The zero-order valence-corrected chi connectivity index (χ0v) is 13.8. The normalized spacial score (nSPS) is 17.5. The van der Waals surface area contributed by atoms with Crippen molar-refractivity contribution in [1.29, 1.82) is 0 Å². The predicted molar refractivity (Wildman–Crippen MR) is 86.4 cm³/mol. The number of sulfonamides is 1. The van der Waals surface area contributed by atoms with E-state index in [0.717, 1.165) is 24.6 Å². The number of nitrogen functional groups attached to an aromatic ring is 1. The molecule has 3 rings (SSSR count). The van der Waals surface area contributed by atoms with Crippen molar-refractivity contribution in [3.8, 4) is 0 Å². The van der Waals surface area contributed by atoms with E-state index in [2.05, 4.69) is 14.6 Å². The Labute approximate surface area is 131 Å². The number of nitrogens with two attached hydrogens (primary N) is 1. The molecule has 1 aliphatic heterocycles. The van der Waals surface area contributed by atoms with Crippen molar-refractivity contribution in [2.45, 2.75) is 5.03 Å². The fraction of sp³-hybridized carbons (Fsp3) is 0.545. The van der Waals surface area contributed by atoms with E-state index in [-0.39, 0.29) is 10.8 Å². The molecule has 10 heteroatoms. The molecule has 0 spiro atoms. The first-order chi connectivity index (χ1) is 10.1. The first-order valence-electron chi connectivity index (χ1n) is 6.59. The van der Waals surface area contributed by atoms with Crippen molar-refractivity contribution in [3.63, 3.8) is 0 Å². The molecular weight excluding hydrogens is 330 g/mol. The maximum absolute atomic E-state index is 12.4. The first kappa shape index (κ1) is 15.1. The maximum atomic E-state index is 12.4. The van der Waals surface area contributed by atoms with Crippen LogP contribution in [0.3, 0.4) is 0 Å². The molecule has 1 fully saturated rings. The van der Waals surface area contributed by atoms with Crippen molar-refractivity contribution in [2.24, 2.45) is 0 Å². The van der Waals surface area contributed by atoms with Crippen molar-refractivity contribution in [2.75, 3.05) is 43.4 Å². The van der Waals surface area contributed by atoms with Crippen LogP contribution in [0.1, 0.15) is 0 Å². The van der Waals surface area contributed by atoms with Gasteiger partial charge in [0, 0.05) is 49.3 Å². The van der Waals surface area contributed by atoms with Gasteiger partial charge in [0.2, 0.25) is 0 Å². The number of fused-ring (bicyclic) bond motifs is 1. The standard InChI is InChI=1S/C11H17N5O2S3/c12-9-10(16-5-8-20-11(16)14-9)21(17,18)13-1-2-15-3-6-19-7-4-15/h5,8,13H,1-4,6-7,12H2. The molecule has 116 valence electrons. The fourth-order valence-electron chi connectivity index (χ4n) is 2.28. The molecule has 0 aliphatic carbocycles. The number of hydrogen-bond donors (Lipinski definition) is 2. The highest BCUT2D eigenvalue weighted by molar-refractivity contribution is 7.99. The Morgan fingerprint density at radius 2 is 2.14 bits per heavy atom. The van der Waals surface area contributed by atoms with Gasteiger partial charge in [0.1, 0.15) is 0 Å². The molecule has 0 amide bonds. The van der Waals surface area contributed by atoms with Crippen LogP contribution in [-0.2, 0) is 10.0 Å². The molecule has 0 radical (unpaired) electrons. The molecule has 0 unspecified atom stereocenters. The van der Waals surface area contributed by atoms with E-state index in [1.165, 1.54) is 15.7 Å². The summed E-state index contributed by atoms with van der Waals surface area (Å²) < 4.78 is 28.9. The molecule has 3 heterocycles. The summed E-state index contributed by atoms with van der Waals surface area (Å²) >= 11 is 3.29. The molecule has 2 aromatic heterocycles. The van der Waals surface area contributed by atoms with E-state index in [1.54, 1.807) is 11.6 Å². The third kappa shape index (κ3) is 3.19. The quantitative estimate of drug-likeness (QED) is 0.808. The first-order valence-corrected chi connectivity index (χ1v) is 10.1. The highest BCUT2D eigenvalue weighted by Crippen LogP contribution is 2.22.